The maximum Gasteiger partial charge on any atom is 0.231 e. The zero-order valence-electron chi connectivity index (χ0n) is 13.4. The average Bonchev–Trinajstić information content (AvgIpc) is 2.98. The highest BCUT2D eigenvalue weighted by atomic mass is 16.7. The lowest BCUT2D eigenvalue weighted by molar-refractivity contribution is -0.923. The number of likely N-dealkylation sites (N-methyl/N-ethyl adjacent to an activating group) is 1. The third kappa shape index (κ3) is 1.70. The van der Waals surface area contributed by atoms with Gasteiger partial charge in [-0.25, -0.2) is 0 Å². The number of hydrogen-bond donors (Lipinski definition) is 0. The first kappa shape index (κ1) is 13.3. The topological polar surface area (TPSA) is 41.5 Å². The van der Waals surface area contributed by atoms with Crippen molar-refractivity contribution in [2.75, 3.05) is 27.4 Å². The highest BCUT2D eigenvalue weighted by Crippen LogP contribution is 2.55. The molecule has 0 aromatic heterocycles. The van der Waals surface area contributed by atoms with Crippen LogP contribution in [0.25, 0.3) is 11.1 Å². The van der Waals surface area contributed by atoms with Crippen molar-refractivity contribution in [2.45, 2.75) is 18.9 Å². The summed E-state index contributed by atoms with van der Waals surface area (Å²) in [5.41, 5.74) is 6.10. The number of fused-ring (bicyclic) bond motifs is 4. The van der Waals surface area contributed by atoms with Gasteiger partial charge in [-0.15, -0.1) is 5.75 Å². The van der Waals surface area contributed by atoms with Crippen LogP contribution in [0.2, 0.25) is 0 Å². The number of benzene rings is 2. The number of nitrogens with zero attached hydrogens (tertiary/aromatic N) is 1. The Balaban J connectivity index is 1.89. The van der Waals surface area contributed by atoms with Crippen LogP contribution in [0.5, 0.6) is 17.2 Å². The molecule has 1 atom stereocenters. The van der Waals surface area contributed by atoms with E-state index in [1.165, 1.54) is 16.7 Å². The lowest BCUT2D eigenvalue weighted by Crippen LogP contribution is -2.49. The molecule has 1 unspecified atom stereocenters. The molecule has 3 aliphatic rings. The summed E-state index contributed by atoms with van der Waals surface area (Å²) >= 11 is 0. The van der Waals surface area contributed by atoms with Gasteiger partial charge in [-0.05, 0) is 22.8 Å². The monoisotopic (exact) mass is 309 g/mol. The minimum Gasteiger partial charge on any atom is -0.872 e. The van der Waals surface area contributed by atoms with Gasteiger partial charge in [0.15, 0.2) is 11.5 Å². The van der Waals surface area contributed by atoms with Gasteiger partial charge in [0.25, 0.3) is 0 Å². The lowest BCUT2D eigenvalue weighted by Gasteiger charge is -2.46. The van der Waals surface area contributed by atoms with E-state index < -0.39 is 0 Å². The second kappa shape index (κ2) is 4.20. The molecule has 0 amide bonds. The molecule has 0 fully saturated rings. The number of quaternary nitrogens is 1. The Hall–Kier alpha value is -2.20. The van der Waals surface area contributed by atoms with Gasteiger partial charge in [-0.3, -0.25) is 0 Å². The molecule has 5 rings (SSSR count). The summed E-state index contributed by atoms with van der Waals surface area (Å²) in [7, 11) is 4.60. The fraction of sp³-hybridized carbons (Fsp3) is 0.368. The van der Waals surface area contributed by atoms with Crippen LogP contribution >= 0.6 is 0 Å². The Morgan fingerprint density at radius 3 is 2.87 bits per heavy atom. The van der Waals surface area contributed by atoms with Crippen molar-refractivity contribution in [2.24, 2.45) is 0 Å². The van der Waals surface area contributed by atoms with Gasteiger partial charge >= 0.3 is 0 Å². The van der Waals surface area contributed by atoms with E-state index in [9.17, 15) is 5.11 Å². The maximum absolute atomic E-state index is 12.0. The molecular formula is C19H19NO3. The molecule has 0 spiro atoms. The molecule has 0 saturated carbocycles. The molecular weight excluding hydrogens is 290 g/mol. The first-order chi connectivity index (χ1) is 11.0. The van der Waals surface area contributed by atoms with Gasteiger partial charge in [0.05, 0.1) is 20.6 Å². The maximum atomic E-state index is 12.0. The second-order valence-electron chi connectivity index (χ2n) is 7.35. The zero-order valence-corrected chi connectivity index (χ0v) is 13.4. The predicted octanol–water partition coefficient (Wildman–Crippen LogP) is 2.39. The van der Waals surface area contributed by atoms with E-state index in [2.05, 4.69) is 20.2 Å². The Morgan fingerprint density at radius 1 is 1.13 bits per heavy atom. The molecule has 4 heteroatoms. The van der Waals surface area contributed by atoms with Gasteiger partial charge in [-0.2, -0.15) is 0 Å². The molecule has 0 saturated heterocycles. The van der Waals surface area contributed by atoms with Crippen molar-refractivity contribution in [1.29, 1.82) is 0 Å². The van der Waals surface area contributed by atoms with Crippen LogP contribution in [0, 0.1) is 0 Å². The molecule has 2 aromatic rings. The Labute approximate surface area is 135 Å². The van der Waals surface area contributed by atoms with Crippen LogP contribution in [0.3, 0.4) is 0 Å². The first-order valence-corrected chi connectivity index (χ1v) is 8.13. The van der Waals surface area contributed by atoms with Gasteiger partial charge < -0.3 is 19.1 Å². The number of hydrogen-bond acceptors (Lipinski definition) is 3. The minimum absolute atomic E-state index is 0.0528. The fourth-order valence-corrected chi connectivity index (χ4v) is 4.40. The van der Waals surface area contributed by atoms with Crippen molar-refractivity contribution >= 4 is 0 Å². The fourth-order valence-electron chi connectivity index (χ4n) is 4.40. The molecule has 1 aliphatic carbocycles. The minimum atomic E-state index is 0.0528. The van der Waals surface area contributed by atoms with Crippen molar-refractivity contribution < 1.29 is 19.1 Å². The van der Waals surface area contributed by atoms with Crippen LogP contribution in [0.4, 0.5) is 0 Å². The SMILES string of the molecule is C[N+]1(C)CCc2cc3c(c4c2C1Cc1ccc([O-])cc1-4)OCO3. The van der Waals surface area contributed by atoms with E-state index in [0.717, 1.165) is 46.5 Å². The number of ether oxygens (including phenoxy) is 2. The van der Waals surface area contributed by atoms with Crippen LogP contribution in [0.1, 0.15) is 22.7 Å². The Morgan fingerprint density at radius 2 is 2.00 bits per heavy atom. The normalized spacial score (nSPS) is 22.4. The predicted molar refractivity (Wildman–Crippen MR) is 84.6 cm³/mol. The molecule has 2 aromatic carbocycles. The average molecular weight is 309 g/mol. The molecule has 0 N–H and O–H groups in total. The first-order valence-electron chi connectivity index (χ1n) is 8.13. The lowest BCUT2D eigenvalue weighted by atomic mass is 9.75. The quantitative estimate of drug-likeness (QED) is 0.702. The summed E-state index contributed by atoms with van der Waals surface area (Å²) in [4.78, 5) is 0. The van der Waals surface area contributed by atoms with E-state index in [0.29, 0.717) is 6.04 Å². The second-order valence-corrected chi connectivity index (χ2v) is 7.35. The van der Waals surface area contributed by atoms with E-state index in [1.807, 2.05) is 6.07 Å². The van der Waals surface area contributed by atoms with Crippen LogP contribution in [0.15, 0.2) is 24.3 Å². The highest BCUT2D eigenvalue weighted by molar-refractivity contribution is 5.84. The van der Waals surface area contributed by atoms with Crippen molar-refractivity contribution in [3.8, 4) is 28.4 Å². The molecule has 2 aliphatic heterocycles. The van der Waals surface area contributed by atoms with Crippen molar-refractivity contribution in [1.82, 2.24) is 0 Å². The number of rotatable bonds is 0. The molecule has 23 heavy (non-hydrogen) atoms. The summed E-state index contributed by atoms with van der Waals surface area (Å²) in [6.45, 7) is 1.38. The Kier molecular flexibility index (Phi) is 2.42. The van der Waals surface area contributed by atoms with E-state index in [1.54, 1.807) is 12.1 Å². The zero-order chi connectivity index (χ0) is 15.8. The third-order valence-electron chi connectivity index (χ3n) is 5.69. The van der Waals surface area contributed by atoms with Gasteiger partial charge in [0.2, 0.25) is 6.79 Å². The van der Waals surface area contributed by atoms with E-state index >= 15 is 0 Å². The summed E-state index contributed by atoms with van der Waals surface area (Å²) in [5, 5.41) is 12.0. The van der Waals surface area contributed by atoms with Crippen LogP contribution in [-0.2, 0) is 12.8 Å². The van der Waals surface area contributed by atoms with Crippen molar-refractivity contribution in [3.63, 3.8) is 0 Å². The smallest absolute Gasteiger partial charge is 0.231 e. The summed E-state index contributed by atoms with van der Waals surface area (Å²) in [5.74, 6) is 1.70. The Bertz CT molecular complexity index is 841. The van der Waals surface area contributed by atoms with Gasteiger partial charge in [-0.1, -0.05) is 18.2 Å². The standard InChI is InChI=1S/C19H19NO3/c1-20(2)6-5-12-8-16-19(23-10-22-16)18-14-9-13(21)4-3-11(14)7-15(20)17(12)18/h3-4,8-9,15H,5-7,10H2,1-2H3. The summed E-state index contributed by atoms with van der Waals surface area (Å²) < 4.78 is 12.4. The summed E-state index contributed by atoms with van der Waals surface area (Å²) in [6.07, 6.45) is 2.01. The van der Waals surface area contributed by atoms with Crippen LogP contribution < -0.4 is 14.6 Å². The molecule has 0 bridgehead atoms. The van der Waals surface area contributed by atoms with Crippen LogP contribution in [-0.4, -0.2) is 31.9 Å². The molecule has 4 nitrogen and oxygen atoms in total. The highest BCUT2D eigenvalue weighted by Gasteiger charge is 2.43. The van der Waals surface area contributed by atoms with Gasteiger partial charge in [0, 0.05) is 24.0 Å². The molecule has 118 valence electrons. The molecule has 2 heterocycles. The third-order valence-corrected chi connectivity index (χ3v) is 5.69. The summed E-state index contributed by atoms with van der Waals surface area (Å²) in [6, 6.07) is 7.99. The van der Waals surface area contributed by atoms with E-state index in [4.69, 9.17) is 9.47 Å². The van der Waals surface area contributed by atoms with E-state index in [-0.39, 0.29) is 12.5 Å². The van der Waals surface area contributed by atoms with Gasteiger partial charge in [0.1, 0.15) is 6.04 Å². The largest absolute Gasteiger partial charge is 0.872 e. The van der Waals surface area contributed by atoms with Crippen molar-refractivity contribution in [3.05, 3.63) is 41.0 Å². The molecule has 0 radical (unpaired) electrons.